The van der Waals surface area contributed by atoms with Crippen molar-refractivity contribution in [3.8, 4) is 5.82 Å². The van der Waals surface area contributed by atoms with Gasteiger partial charge in [0.05, 0.1) is 5.56 Å². The number of rotatable bonds is 8. The summed E-state index contributed by atoms with van der Waals surface area (Å²) in [4.78, 5) is 33.9. The van der Waals surface area contributed by atoms with Crippen molar-refractivity contribution in [2.75, 3.05) is 19.6 Å². The first kappa shape index (κ1) is 17.7. The smallest absolute Gasteiger partial charge is 0.252 e. The molecule has 0 bridgehead atoms. The zero-order chi connectivity index (χ0) is 17.4. The number of nitrogens with zero attached hydrogens (tertiary/aromatic N) is 4. The van der Waals surface area contributed by atoms with Crippen LogP contribution in [0.15, 0.2) is 37.1 Å². The van der Waals surface area contributed by atoms with E-state index in [9.17, 15) is 9.59 Å². The van der Waals surface area contributed by atoms with Gasteiger partial charge in [-0.05, 0) is 32.4 Å². The van der Waals surface area contributed by atoms with Crippen molar-refractivity contribution < 1.29 is 9.59 Å². The fraction of sp³-hybridized carbons (Fsp3) is 0.412. The molecule has 0 fully saturated rings. The van der Waals surface area contributed by atoms with E-state index < -0.39 is 0 Å². The van der Waals surface area contributed by atoms with Crippen LogP contribution >= 0.6 is 0 Å². The Morgan fingerprint density at radius 1 is 1.25 bits per heavy atom. The summed E-state index contributed by atoms with van der Waals surface area (Å²) in [7, 11) is 0. The van der Waals surface area contributed by atoms with Crippen LogP contribution in [0.1, 0.15) is 37.0 Å². The molecule has 0 spiro atoms. The largest absolute Gasteiger partial charge is 0.352 e. The molecule has 0 aromatic carbocycles. The maximum absolute atomic E-state index is 12.1. The lowest BCUT2D eigenvalue weighted by atomic mass is 10.2. The van der Waals surface area contributed by atoms with Crippen LogP contribution in [0.5, 0.6) is 0 Å². The highest BCUT2D eigenvalue weighted by Gasteiger charge is 2.10. The Balaban J connectivity index is 1.77. The van der Waals surface area contributed by atoms with E-state index in [0.717, 1.165) is 13.1 Å². The van der Waals surface area contributed by atoms with E-state index in [0.29, 0.717) is 30.8 Å². The predicted molar refractivity (Wildman–Crippen MR) is 90.9 cm³/mol. The lowest BCUT2D eigenvalue weighted by molar-refractivity contribution is -0.130. The Bertz CT molecular complexity index is 648. The lowest BCUT2D eigenvalue weighted by Crippen LogP contribution is -2.31. The van der Waals surface area contributed by atoms with Crippen molar-refractivity contribution in [1.82, 2.24) is 24.8 Å². The van der Waals surface area contributed by atoms with Gasteiger partial charge in [-0.15, -0.1) is 0 Å². The third-order valence-electron chi connectivity index (χ3n) is 3.75. The van der Waals surface area contributed by atoms with Crippen molar-refractivity contribution in [3.05, 3.63) is 42.6 Å². The highest BCUT2D eigenvalue weighted by Crippen LogP contribution is 2.05. The monoisotopic (exact) mass is 329 g/mol. The Morgan fingerprint density at radius 3 is 2.62 bits per heavy atom. The van der Waals surface area contributed by atoms with Gasteiger partial charge >= 0.3 is 0 Å². The number of amides is 2. The van der Waals surface area contributed by atoms with Crippen LogP contribution in [0.25, 0.3) is 5.82 Å². The first-order chi connectivity index (χ1) is 11.7. The van der Waals surface area contributed by atoms with E-state index >= 15 is 0 Å². The number of pyridine rings is 1. The molecule has 2 heterocycles. The summed E-state index contributed by atoms with van der Waals surface area (Å²) in [6, 6.07) is 3.49. The summed E-state index contributed by atoms with van der Waals surface area (Å²) in [5, 5.41) is 2.81. The molecule has 0 saturated carbocycles. The molecule has 7 nitrogen and oxygen atoms in total. The molecule has 0 atom stereocenters. The maximum atomic E-state index is 12.1. The Kier molecular flexibility index (Phi) is 6.48. The van der Waals surface area contributed by atoms with Crippen LogP contribution in [0.2, 0.25) is 0 Å². The normalized spacial score (nSPS) is 10.4. The number of imidazole rings is 1. The van der Waals surface area contributed by atoms with Gasteiger partial charge in [0.25, 0.3) is 5.91 Å². The second-order valence-electron chi connectivity index (χ2n) is 5.30. The van der Waals surface area contributed by atoms with Crippen molar-refractivity contribution in [3.63, 3.8) is 0 Å². The molecule has 2 aromatic rings. The number of hydrogen-bond acceptors (Lipinski definition) is 4. The van der Waals surface area contributed by atoms with Gasteiger partial charge in [0, 0.05) is 44.6 Å². The first-order valence-corrected chi connectivity index (χ1v) is 8.16. The number of aromatic nitrogens is 3. The number of hydrogen-bond donors (Lipinski definition) is 1. The van der Waals surface area contributed by atoms with E-state index in [-0.39, 0.29) is 11.8 Å². The molecule has 24 heavy (non-hydrogen) atoms. The second kappa shape index (κ2) is 8.81. The number of nitrogens with one attached hydrogen (secondary N) is 1. The molecule has 2 aromatic heterocycles. The highest BCUT2D eigenvalue weighted by molar-refractivity contribution is 5.93. The first-order valence-electron chi connectivity index (χ1n) is 8.16. The molecule has 2 amide bonds. The minimum atomic E-state index is -0.185. The Hall–Kier alpha value is -2.70. The third kappa shape index (κ3) is 4.65. The summed E-state index contributed by atoms with van der Waals surface area (Å²) >= 11 is 0. The number of carbonyl (C=O) groups excluding carboxylic acids is 2. The maximum Gasteiger partial charge on any atom is 0.252 e. The van der Waals surface area contributed by atoms with Crippen LogP contribution in [0.4, 0.5) is 0 Å². The summed E-state index contributed by atoms with van der Waals surface area (Å²) in [5.74, 6) is 0.643. The SMILES string of the molecule is CCN(CC)C(=O)CCCNC(=O)c1ccc(-n2ccnc2)nc1. The molecule has 0 unspecified atom stereocenters. The van der Waals surface area contributed by atoms with Crippen LogP contribution in [-0.4, -0.2) is 50.9 Å². The predicted octanol–water partition coefficient (Wildman–Crippen LogP) is 1.65. The molecule has 0 aliphatic heterocycles. The molecule has 0 aliphatic carbocycles. The van der Waals surface area contributed by atoms with Gasteiger partial charge in [-0.1, -0.05) is 0 Å². The standard InChI is InChI=1S/C17H23N5O2/c1-3-21(4-2)16(23)6-5-9-19-17(24)14-7-8-15(20-12-14)22-11-10-18-13-22/h7-8,10-13H,3-6,9H2,1-2H3,(H,19,24). The van der Waals surface area contributed by atoms with Gasteiger partial charge in [-0.2, -0.15) is 0 Å². The molecular formula is C17H23N5O2. The number of carbonyl (C=O) groups is 2. The zero-order valence-electron chi connectivity index (χ0n) is 14.1. The summed E-state index contributed by atoms with van der Waals surface area (Å²) < 4.78 is 1.76. The van der Waals surface area contributed by atoms with Crippen LogP contribution < -0.4 is 5.32 Å². The average molecular weight is 329 g/mol. The molecule has 0 aliphatic rings. The fourth-order valence-corrected chi connectivity index (χ4v) is 2.35. The van der Waals surface area contributed by atoms with Gasteiger partial charge in [-0.25, -0.2) is 9.97 Å². The van der Waals surface area contributed by atoms with Gasteiger partial charge in [0.15, 0.2) is 0 Å². The van der Waals surface area contributed by atoms with Gasteiger partial charge in [-0.3, -0.25) is 14.2 Å². The molecule has 0 saturated heterocycles. The molecular weight excluding hydrogens is 306 g/mol. The molecule has 2 rings (SSSR count). The van der Waals surface area contributed by atoms with Crippen molar-refractivity contribution in [1.29, 1.82) is 0 Å². The fourth-order valence-electron chi connectivity index (χ4n) is 2.35. The highest BCUT2D eigenvalue weighted by atomic mass is 16.2. The zero-order valence-corrected chi connectivity index (χ0v) is 14.1. The lowest BCUT2D eigenvalue weighted by Gasteiger charge is -2.18. The molecule has 1 N–H and O–H groups in total. The third-order valence-corrected chi connectivity index (χ3v) is 3.75. The Morgan fingerprint density at radius 2 is 2.04 bits per heavy atom. The van der Waals surface area contributed by atoms with Crippen LogP contribution in [0, 0.1) is 0 Å². The summed E-state index contributed by atoms with van der Waals surface area (Å²) in [5.41, 5.74) is 0.494. The van der Waals surface area contributed by atoms with E-state index in [2.05, 4.69) is 15.3 Å². The van der Waals surface area contributed by atoms with Crippen molar-refractivity contribution in [2.45, 2.75) is 26.7 Å². The average Bonchev–Trinajstić information content (AvgIpc) is 3.14. The van der Waals surface area contributed by atoms with Gasteiger partial charge in [0.2, 0.25) is 5.91 Å². The van der Waals surface area contributed by atoms with Crippen molar-refractivity contribution >= 4 is 11.8 Å². The Labute approximate surface area is 141 Å². The minimum Gasteiger partial charge on any atom is -0.352 e. The van der Waals surface area contributed by atoms with Gasteiger partial charge < -0.3 is 10.2 Å². The van der Waals surface area contributed by atoms with E-state index in [1.165, 1.54) is 6.20 Å². The molecule has 7 heteroatoms. The van der Waals surface area contributed by atoms with Gasteiger partial charge in [0.1, 0.15) is 12.1 Å². The molecule has 128 valence electrons. The minimum absolute atomic E-state index is 0.126. The topological polar surface area (TPSA) is 80.1 Å². The van der Waals surface area contributed by atoms with Crippen LogP contribution in [0.3, 0.4) is 0 Å². The molecule has 0 radical (unpaired) electrons. The quantitative estimate of drug-likeness (QED) is 0.747. The van der Waals surface area contributed by atoms with E-state index in [4.69, 9.17) is 0 Å². The second-order valence-corrected chi connectivity index (χ2v) is 5.30. The summed E-state index contributed by atoms with van der Waals surface area (Å²) in [6.45, 7) is 5.83. The van der Waals surface area contributed by atoms with Crippen molar-refractivity contribution in [2.24, 2.45) is 0 Å². The van der Waals surface area contributed by atoms with Crippen LogP contribution in [-0.2, 0) is 4.79 Å². The summed E-state index contributed by atoms with van der Waals surface area (Å²) in [6.07, 6.45) is 7.71. The van der Waals surface area contributed by atoms with E-state index in [1.807, 2.05) is 13.8 Å². The van der Waals surface area contributed by atoms with E-state index in [1.54, 1.807) is 40.3 Å².